The van der Waals surface area contributed by atoms with Gasteiger partial charge in [-0.25, -0.2) is 0 Å². The summed E-state index contributed by atoms with van der Waals surface area (Å²) in [6.45, 7) is 0. The van der Waals surface area contributed by atoms with Crippen LogP contribution in [0.25, 0.3) is 5.47 Å². The highest BCUT2D eigenvalue weighted by atomic mass is 16.5. The Morgan fingerprint density at radius 3 is 2.58 bits per heavy atom. The summed E-state index contributed by atoms with van der Waals surface area (Å²) in [5, 5.41) is 0. The Morgan fingerprint density at radius 2 is 1.92 bits per heavy atom. The van der Waals surface area contributed by atoms with Gasteiger partial charge >= 0.3 is 0 Å². The highest BCUT2D eigenvalue weighted by molar-refractivity contribution is 6.65. The van der Waals surface area contributed by atoms with Crippen LogP contribution in [0.4, 0.5) is 0 Å². The van der Waals surface area contributed by atoms with Gasteiger partial charge in [0, 0.05) is 0 Å². The van der Waals surface area contributed by atoms with Crippen molar-refractivity contribution in [2.45, 2.75) is 0 Å². The van der Waals surface area contributed by atoms with Gasteiger partial charge in [-0.3, -0.25) is 0 Å². The van der Waals surface area contributed by atoms with Crippen LogP contribution in [0.5, 0.6) is 0 Å². The molecule has 1 aromatic rings. The third-order valence-electron chi connectivity index (χ3n) is 1.87. The lowest BCUT2D eigenvalue weighted by Crippen LogP contribution is -1.97. The molecule has 2 rings (SSSR count). The Morgan fingerprint density at radius 1 is 1.08 bits per heavy atom. The van der Waals surface area contributed by atoms with Crippen LogP contribution in [-0.4, -0.2) is 7.28 Å². The third-order valence-corrected chi connectivity index (χ3v) is 1.87. The topological polar surface area (TPSA) is 9.23 Å². The van der Waals surface area contributed by atoms with E-state index in [1.54, 1.807) is 12.5 Å². The van der Waals surface area contributed by atoms with Crippen LogP contribution in [0.15, 0.2) is 48.8 Å². The highest BCUT2D eigenvalue weighted by Crippen LogP contribution is 2.15. The molecule has 0 unspecified atom stereocenters. The second-order valence-electron chi connectivity index (χ2n) is 2.72. The molecule has 0 spiro atoms. The van der Waals surface area contributed by atoms with Gasteiger partial charge in [-0.15, -0.1) is 0 Å². The smallest absolute Gasteiger partial charge is 0.191 e. The van der Waals surface area contributed by atoms with Crippen molar-refractivity contribution in [3.63, 3.8) is 0 Å². The zero-order valence-corrected chi connectivity index (χ0v) is 6.73. The van der Waals surface area contributed by atoms with Gasteiger partial charge in [0.2, 0.25) is 0 Å². The maximum absolute atomic E-state index is 5.09. The van der Waals surface area contributed by atoms with Gasteiger partial charge in [0.1, 0.15) is 0 Å². The van der Waals surface area contributed by atoms with E-state index in [1.165, 1.54) is 11.0 Å². The second kappa shape index (κ2) is 3.31. The van der Waals surface area contributed by atoms with Gasteiger partial charge in [0.25, 0.3) is 0 Å². The van der Waals surface area contributed by atoms with Crippen LogP contribution in [0.1, 0.15) is 5.56 Å². The molecule has 58 valence electrons. The molecule has 0 amide bonds. The van der Waals surface area contributed by atoms with Crippen LogP contribution in [0.3, 0.4) is 0 Å². The van der Waals surface area contributed by atoms with E-state index in [1.807, 2.05) is 24.2 Å². The molecule has 0 N–H and O–H groups in total. The molecule has 1 heterocycles. The standard InChI is InChI=1S/C10H9BO/c1-2-4-9(5-3-1)10-8-12-7-6-11-10/h1-8,11H. The quantitative estimate of drug-likeness (QED) is 0.564. The molecule has 0 aliphatic carbocycles. The largest absolute Gasteiger partial charge is 0.474 e. The maximum atomic E-state index is 5.09. The normalized spacial score (nSPS) is 14.5. The zero-order valence-electron chi connectivity index (χ0n) is 6.73. The average molecular weight is 156 g/mol. The lowest BCUT2D eigenvalue weighted by atomic mass is 9.67. The second-order valence-corrected chi connectivity index (χ2v) is 2.72. The van der Waals surface area contributed by atoms with E-state index in [2.05, 4.69) is 12.1 Å². The average Bonchev–Trinajstić information content (AvgIpc) is 2.21. The summed E-state index contributed by atoms with van der Waals surface area (Å²) in [5.74, 6) is 2.02. The minimum Gasteiger partial charge on any atom is -0.474 e. The highest BCUT2D eigenvalue weighted by Gasteiger charge is 2.03. The number of hydrogen-bond acceptors (Lipinski definition) is 1. The predicted molar refractivity (Wildman–Crippen MR) is 51.8 cm³/mol. The molecule has 0 radical (unpaired) electrons. The number of ether oxygens (including phenoxy) is 1. The molecule has 1 aromatic carbocycles. The van der Waals surface area contributed by atoms with Gasteiger partial charge in [-0.2, -0.15) is 0 Å². The molecule has 0 saturated heterocycles. The molecule has 1 aliphatic rings. The third kappa shape index (κ3) is 1.42. The molecule has 0 aromatic heterocycles. The summed E-state index contributed by atoms with van der Waals surface area (Å²) in [5.41, 5.74) is 2.47. The first kappa shape index (κ1) is 7.23. The molecule has 0 atom stereocenters. The summed E-state index contributed by atoms with van der Waals surface area (Å²) in [6, 6.07) is 10.3. The van der Waals surface area contributed by atoms with Crippen molar-refractivity contribution < 1.29 is 4.74 Å². The SMILES string of the molecule is B1C=COC=C1c1ccccc1. The molecule has 0 saturated carbocycles. The number of hydrogen-bond donors (Lipinski definition) is 0. The minimum atomic E-state index is 0.962. The number of rotatable bonds is 1. The Kier molecular flexibility index (Phi) is 1.99. The molecule has 12 heavy (non-hydrogen) atoms. The minimum absolute atomic E-state index is 0.962. The van der Waals surface area contributed by atoms with Gasteiger partial charge < -0.3 is 4.74 Å². The van der Waals surface area contributed by atoms with Crippen molar-refractivity contribution in [1.29, 1.82) is 0 Å². The van der Waals surface area contributed by atoms with Gasteiger partial charge in [0.15, 0.2) is 7.28 Å². The van der Waals surface area contributed by atoms with Crippen LogP contribution in [0, 0.1) is 0 Å². The van der Waals surface area contributed by atoms with Gasteiger partial charge in [-0.1, -0.05) is 36.3 Å². The zero-order chi connectivity index (χ0) is 8.23. The van der Waals surface area contributed by atoms with Crippen molar-refractivity contribution in [2.75, 3.05) is 0 Å². The Hall–Kier alpha value is -1.44. The molecular weight excluding hydrogens is 147 g/mol. The first-order valence-corrected chi connectivity index (χ1v) is 4.02. The molecule has 1 aliphatic heterocycles. The molecule has 1 nitrogen and oxygen atoms in total. The van der Waals surface area contributed by atoms with E-state index in [4.69, 9.17) is 4.74 Å². The molecule has 0 fully saturated rings. The molecule has 0 bridgehead atoms. The number of benzene rings is 1. The monoisotopic (exact) mass is 156 g/mol. The fourth-order valence-corrected chi connectivity index (χ4v) is 1.24. The van der Waals surface area contributed by atoms with Crippen molar-refractivity contribution in [3.8, 4) is 0 Å². The predicted octanol–water partition coefficient (Wildman–Crippen LogP) is 1.92. The summed E-state index contributed by atoms with van der Waals surface area (Å²) in [7, 11) is 0.962. The molecular formula is C10H9BO. The fourth-order valence-electron chi connectivity index (χ4n) is 1.24. The Labute approximate surface area is 72.6 Å². The summed E-state index contributed by atoms with van der Waals surface area (Å²) >= 11 is 0. The van der Waals surface area contributed by atoms with Crippen molar-refractivity contribution >= 4 is 12.8 Å². The van der Waals surface area contributed by atoms with Crippen LogP contribution >= 0.6 is 0 Å². The van der Waals surface area contributed by atoms with E-state index >= 15 is 0 Å². The lowest BCUT2D eigenvalue weighted by Gasteiger charge is -2.06. The van der Waals surface area contributed by atoms with E-state index in [0.29, 0.717) is 0 Å². The Balaban J connectivity index is 2.26. The van der Waals surface area contributed by atoms with Crippen LogP contribution in [-0.2, 0) is 4.74 Å². The van der Waals surface area contributed by atoms with E-state index < -0.39 is 0 Å². The van der Waals surface area contributed by atoms with Crippen molar-refractivity contribution in [2.24, 2.45) is 0 Å². The van der Waals surface area contributed by atoms with E-state index in [-0.39, 0.29) is 0 Å². The fraction of sp³-hybridized carbons (Fsp3) is 0. The van der Waals surface area contributed by atoms with E-state index in [0.717, 1.165) is 7.28 Å². The van der Waals surface area contributed by atoms with Gasteiger partial charge in [0.05, 0.1) is 12.5 Å². The first-order valence-electron chi connectivity index (χ1n) is 4.02. The Bertz CT molecular complexity index is 314. The summed E-state index contributed by atoms with van der Waals surface area (Å²) in [4.78, 5) is 0. The summed E-state index contributed by atoms with van der Waals surface area (Å²) < 4.78 is 5.09. The molecule has 2 heteroatoms. The first-order chi connectivity index (χ1) is 5.97. The van der Waals surface area contributed by atoms with Crippen LogP contribution in [0.2, 0.25) is 0 Å². The maximum Gasteiger partial charge on any atom is 0.191 e. The van der Waals surface area contributed by atoms with E-state index in [9.17, 15) is 0 Å². The lowest BCUT2D eigenvalue weighted by molar-refractivity contribution is 0.405. The van der Waals surface area contributed by atoms with Gasteiger partial charge in [-0.05, 0) is 11.0 Å². The summed E-state index contributed by atoms with van der Waals surface area (Å²) in [6.07, 6.45) is 3.52. The van der Waals surface area contributed by atoms with Crippen molar-refractivity contribution in [1.82, 2.24) is 0 Å². The van der Waals surface area contributed by atoms with Crippen molar-refractivity contribution in [3.05, 3.63) is 54.4 Å². The van der Waals surface area contributed by atoms with Crippen LogP contribution < -0.4 is 0 Å².